The Morgan fingerprint density at radius 3 is 2.81 bits per heavy atom. The monoisotopic (exact) mass is 293 g/mol. The maximum Gasteiger partial charge on any atom is 0.236 e. The van der Waals surface area contributed by atoms with Crippen LogP contribution in [0.25, 0.3) is 0 Å². The second-order valence-corrected chi connectivity index (χ2v) is 6.14. The molecule has 1 aromatic rings. The number of likely N-dealkylation sites (N-methyl/N-ethyl adjacent to an activating group) is 1. The summed E-state index contributed by atoms with van der Waals surface area (Å²) in [6.45, 7) is 4.44. The van der Waals surface area contributed by atoms with Gasteiger partial charge in [0.2, 0.25) is 5.91 Å². The minimum atomic E-state index is -0.272. The van der Waals surface area contributed by atoms with Crippen LogP contribution in [0, 0.1) is 11.7 Å². The molecule has 1 amide bonds. The zero-order valence-electron chi connectivity index (χ0n) is 12.8. The van der Waals surface area contributed by atoms with E-state index >= 15 is 0 Å². The molecule has 1 aliphatic rings. The maximum absolute atomic E-state index is 13.6. The average molecular weight is 293 g/mol. The van der Waals surface area contributed by atoms with Crippen LogP contribution in [0.1, 0.15) is 18.9 Å². The minimum Gasteiger partial charge on any atom is -0.340 e. The number of likely N-dealkylation sites (tertiary alicyclic amines) is 1. The highest BCUT2D eigenvalue weighted by Crippen LogP contribution is 2.15. The molecule has 21 heavy (non-hydrogen) atoms. The van der Waals surface area contributed by atoms with Gasteiger partial charge in [0, 0.05) is 38.3 Å². The van der Waals surface area contributed by atoms with Crippen molar-refractivity contribution in [2.45, 2.75) is 25.9 Å². The predicted octanol–water partition coefficient (Wildman–Crippen LogP) is 1.45. The first-order valence-electron chi connectivity index (χ1n) is 7.41. The highest BCUT2D eigenvalue weighted by molar-refractivity contribution is 5.78. The number of hydrogen-bond acceptors (Lipinski definition) is 3. The van der Waals surface area contributed by atoms with E-state index in [1.807, 2.05) is 0 Å². The van der Waals surface area contributed by atoms with Crippen molar-refractivity contribution in [1.29, 1.82) is 0 Å². The summed E-state index contributed by atoms with van der Waals surface area (Å²) in [7, 11) is 1.71. The number of amides is 1. The molecule has 0 aliphatic carbocycles. The van der Waals surface area contributed by atoms with Crippen LogP contribution in [0.3, 0.4) is 0 Å². The Bertz CT molecular complexity index is 484. The molecule has 5 heteroatoms. The average Bonchev–Trinajstić information content (AvgIpc) is 2.40. The quantitative estimate of drug-likeness (QED) is 0.914. The van der Waals surface area contributed by atoms with Crippen LogP contribution < -0.4 is 5.73 Å². The van der Waals surface area contributed by atoms with Gasteiger partial charge in [-0.3, -0.25) is 9.69 Å². The van der Waals surface area contributed by atoms with Crippen LogP contribution in [0.5, 0.6) is 0 Å². The molecule has 2 atom stereocenters. The normalized spacial score (nSPS) is 23.0. The standard InChI is InChI=1S/C16H24FN3O/c1-12-7-14(18)10-20(8-12)11-16(21)19(2)9-13-5-3-4-6-15(13)17/h3-6,12,14H,7-11,18H2,1-2H3. The number of nitrogens with zero attached hydrogens (tertiary/aromatic N) is 2. The summed E-state index contributed by atoms with van der Waals surface area (Å²) in [5.74, 6) is 0.240. The van der Waals surface area contributed by atoms with Crippen molar-refractivity contribution in [3.05, 3.63) is 35.6 Å². The van der Waals surface area contributed by atoms with Gasteiger partial charge in [-0.25, -0.2) is 4.39 Å². The molecule has 0 aromatic heterocycles. The Morgan fingerprint density at radius 1 is 1.43 bits per heavy atom. The van der Waals surface area contributed by atoms with E-state index in [0.29, 0.717) is 24.6 Å². The third-order valence-corrected chi connectivity index (χ3v) is 3.92. The van der Waals surface area contributed by atoms with E-state index in [1.54, 1.807) is 30.1 Å². The van der Waals surface area contributed by atoms with Gasteiger partial charge in [0.15, 0.2) is 0 Å². The molecule has 1 aromatic carbocycles. The Kier molecular flexibility index (Phi) is 5.31. The number of halogens is 1. The van der Waals surface area contributed by atoms with Crippen molar-refractivity contribution in [3.8, 4) is 0 Å². The third kappa shape index (κ3) is 4.51. The van der Waals surface area contributed by atoms with Crippen LogP contribution in [-0.4, -0.2) is 48.4 Å². The van der Waals surface area contributed by atoms with E-state index in [4.69, 9.17) is 5.73 Å². The van der Waals surface area contributed by atoms with Crippen molar-refractivity contribution in [1.82, 2.24) is 9.80 Å². The highest BCUT2D eigenvalue weighted by Gasteiger charge is 2.24. The van der Waals surface area contributed by atoms with Crippen molar-refractivity contribution in [3.63, 3.8) is 0 Å². The minimum absolute atomic E-state index is 0.000414. The zero-order chi connectivity index (χ0) is 15.4. The number of benzene rings is 1. The molecule has 4 nitrogen and oxygen atoms in total. The second kappa shape index (κ2) is 7.00. The molecule has 1 heterocycles. The summed E-state index contributed by atoms with van der Waals surface area (Å²) in [4.78, 5) is 15.9. The van der Waals surface area contributed by atoms with E-state index < -0.39 is 0 Å². The zero-order valence-corrected chi connectivity index (χ0v) is 12.8. The van der Waals surface area contributed by atoms with E-state index in [1.165, 1.54) is 6.07 Å². The van der Waals surface area contributed by atoms with Crippen LogP contribution in [-0.2, 0) is 11.3 Å². The maximum atomic E-state index is 13.6. The lowest BCUT2D eigenvalue weighted by molar-refractivity contribution is -0.132. The molecular formula is C16H24FN3O. The highest BCUT2D eigenvalue weighted by atomic mass is 19.1. The summed E-state index contributed by atoms with van der Waals surface area (Å²) in [5, 5.41) is 0. The van der Waals surface area contributed by atoms with Gasteiger partial charge in [-0.2, -0.15) is 0 Å². The van der Waals surface area contributed by atoms with Gasteiger partial charge in [-0.05, 0) is 18.4 Å². The summed E-state index contributed by atoms with van der Waals surface area (Å²) >= 11 is 0. The molecule has 1 fully saturated rings. The summed E-state index contributed by atoms with van der Waals surface area (Å²) in [6, 6.07) is 6.69. The topological polar surface area (TPSA) is 49.6 Å². The molecule has 116 valence electrons. The molecule has 2 rings (SSSR count). The fourth-order valence-corrected chi connectivity index (χ4v) is 2.92. The SMILES string of the molecule is CC1CC(N)CN(CC(=O)N(C)Cc2ccccc2F)C1. The summed E-state index contributed by atoms with van der Waals surface area (Å²) < 4.78 is 13.6. The number of rotatable bonds is 4. The van der Waals surface area contributed by atoms with Crippen molar-refractivity contribution in [2.75, 3.05) is 26.7 Å². The third-order valence-electron chi connectivity index (χ3n) is 3.92. The van der Waals surface area contributed by atoms with Crippen LogP contribution in [0.15, 0.2) is 24.3 Å². The number of carbonyl (C=O) groups excluding carboxylic acids is 1. The first-order chi connectivity index (χ1) is 9.95. The van der Waals surface area contributed by atoms with Gasteiger partial charge in [-0.1, -0.05) is 25.1 Å². The lowest BCUT2D eigenvalue weighted by Gasteiger charge is -2.35. The van der Waals surface area contributed by atoms with Crippen LogP contribution >= 0.6 is 0 Å². The number of nitrogens with two attached hydrogens (primary N) is 1. The predicted molar refractivity (Wildman–Crippen MR) is 81.1 cm³/mol. The summed E-state index contributed by atoms with van der Waals surface area (Å²) in [5.41, 5.74) is 6.53. The van der Waals surface area contributed by atoms with Crippen molar-refractivity contribution < 1.29 is 9.18 Å². The van der Waals surface area contributed by atoms with E-state index in [0.717, 1.165) is 19.5 Å². The van der Waals surface area contributed by atoms with Gasteiger partial charge in [-0.15, -0.1) is 0 Å². The lowest BCUT2D eigenvalue weighted by atomic mass is 9.96. The fraction of sp³-hybridized carbons (Fsp3) is 0.562. The van der Waals surface area contributed by atoms with Gasteiger partial charge >= 0.3 is 0 Å². The van der Waals surface area contributed by atoms with Crippen LogP contribution in [0.2, 0.25) is 0 Å². The fourth-order valence-electron chi connectivity index (χ4n) is 2.92. The van der Waals surface area contributed by atoms with Gasteiger partial charge in [0.1, 0.15) is 5.82 Å². The first kappa shape index (κ1) is 15.9. The Labute approximate surface area is 125 Å². The Morgan fingerprint density at radius 2 is 2.14 bits per heavy atom. The lowest BCUT2D eigenvalue weighted by Crippen LogP contribution is -2.49. The Balaban J connectivity index is 1.89. The van der Waals surface area contributed by atoms with Gasteiger partial charge in [0.05, 0.1) is 6.54 Å². The van der Waals surface area contributed by atoms with E-state index in [-0.39, 0.29) is 17.8 Å². The van der Waals surface area contributed by atoms with Crippen molar-refractivity contribution in [2.24, 2.45) is 11.7 Å². The number of piperidine rings is 1. The van der Waals surface area contributed by atoms with Gasteiger partial charge < -0.3 is 10.6 Å². The molecule has 0 saturated carbocycles. The van der Waals surface area contributed by atoms with Gasteiger partial charge in [0.25, 0.3) is 0 Å². The van der Waals surface area contributed by atoms with E-state index in [9.17, 15) is 9.18 Å². The molecule has 0 spiro atoms. The molecule has 1 aliphatic heterocycles. The number of hydrogen-bond donors (Lipinski definition) is 1. The Hall–Kier alpha value is -1.46. The number of carbonyl (C=O) groups is 1. The van der Waals surface area contributed by atoms with Crippen LogP contribution in [0.4, 0.5) is 4.39 Å². The first-order valence-corrected chi connectivity index (χ1v) is 7.41. The largest absolute Gasteiger partial charge is 0.340 e. The smallest absolute Gasteiger partial charge is 0.236 e. The second-order valence-electron chi connectivity index (χ2n) is 6.14. The molecule has 1 saturated heterocycles. The molecule has 0 bridgehead atoms. The molecular weight excluding hydrogens is 269 g/mol. The molecule has 0 radical (unpaired) electrons. The molecule has 2 N–H and O–H groups in total. The van der Waals surface area contributed by atoms with Crippen molar-refractivity contribution >= 4 is 5.91 Å². The van der Waals surface area contributed by atoms with E-state index in [2.05, 4.69) is 11.8 Å². The molecule has 2 unspecified atom stereocenters. The summed E-state index contributed by atoms with van der Waals surface area (Å²) in [6.07, 6.45) is 1.01.